The van der Waals surface area contributed by atoms with Crippen molar-refractivity contribution in [3.63, 3.8) is 0 Å². The van der Waals surface area contributed by atoms with E-state index in [0.29, 0.717) is 0 Å². The summed E-state index contributed by atoms with van der Waals surface area (Å²) in [5.41, 5.74) is 5.15. The Bertz CT molecular complexity index is 643. The molecule has 0 bridgehead atoms. The fourth-order valence-corrected chi connectivity index (χ4v) is 3.68. The van der Waals surface area contributed by atoms with Crippen LogP contribution in [0.4, 0.5) is 0 Å². The van der Waals surface area contributed by atoms with E-state index >= 15 is 0 Å². The summed E-state index contributed by atoms with van der Waals surface area (Å²) in [7, 11) is 2.20. The molecule has 3 rings (SSSR count). The van der Waals surface area contributed by atoms with Crippen LogP contribution in [0.25, 0.3) is 0 Å². The molecular formula is C20H25NO2. The van der Waals surface area contributed by atoms with Gasteiger partial charge < -0.3 is 4.90 Å². The smallest absolute Gasteiger partial charge is 0.107 e. The van der Waals surface area contributed by atoms with E-state index in [-0.39, 0.29) is 12.0 Å². The Balaban J connectivity index is 2.01. The Kier molecular flexibility index (Phi) is 4.81. The molecule has 1 heterocycles. The van der Waals surface area contributed by atoms with Gasteiger partial charge in [-0.1, -0.05) is 54.1 Å². The zero-order valence-electron chi connectivity index (χ0n) is 14.0. The number of likely N-dealkylation sites (tertiary alicyclic amines) is 1. The number of aryl methyl sites for hydroxylation is 1. The van der Waals surface area contributed by atoms with Crippen LogP contribution < -0.4 is 0 Å². The second kappa shape index (κ2) is 6.83. The Morgan fingerprint density at radius 2 is 1.74 bits per heavy atom. The molecule has 0 radical (unpaired) electrons. The summed E-state index contributed by atoms with van der Waals surface area (Å²) in [6.07, 6.45) is 2.26. The van der Waals surface area contributed by atoms with Crippen LogP contribution in [0.2, 0.25) is 0 Å². The number of nitrogens with zero attached hydrogens (tertiary/aromatic N) is 1. The lowest BCUT2D eigenvalue weighted by Crippen LogP contribution is -2.41. The van der Waals surface area contributed by atoms with Gasteiger partial charge in [0.1, 0.15) is 6.61 Å². The molecule has 3 heteroatoms. The number of hydrogen-bond donors (Lipinski definition) is 1. The Morgan fingerprint density at radius 1 is 1.04 bits per heavy atom. The second-order valence-corrected chi connectivity index (χ2v) is 6.73. The van der Waals surface area contributed by atoms with E-state index in [1.54, 1.807) is 0 Å². The van der Waals surface area contributed by atoms with Crippen LogP contribution in [0, 0.1) is 6.92 Å². The molecule has 0 amide bonds. The van der Waals surface area contributed by atoms with Gasteiger partial charge in [0.25, 0.3) is 0 Å². The van der Waals surface area contributed by atoms with Gasteiger partial charge in [0.05, 0.1) is 0 Å². The van der Waals surface area contributed by atoms with Gasteiger partial charge in [-0.15, -0.1) is 0 Å². The van der Waals surface area contributed by atoms with E-state index < -0.39 is 0 Å². The molecule has 3 nitrogen and oxygen atoms in total. The minimum atomic E-state index is 0.0805. The third-order valence-electron chi connectivity index (χ3n) is 5.15. The van der Waals surface area contributed by atoms with Crippen molar-refractivity contribution >= 4 is 0 Å². The molecule has 122 valence electrons. The van der Waals surface area contributed by atoms with E-state index in [2.05, 4.69) is 72.3 Å². The topological polar surface area (TPSA) is 32.7 Å². The maximum absolute atomic E-state index is 8.62. The maximum Gasteiger partial charge on any atom is 0.107 e. The van der Waals surface area contributed by atoms with Crippen molar-refractivity contribution in [3.8, 4) is 0 Å². The van der Waals surface area contributed by atoms with E-state index in [9.17, 15) is 0 Å². The SMILES string of the molecule is Cc1cccc(C2(c3ccc(COO)cc3)CCN(C)CC2)c1. The zero-order valence-corrected chi connectivity index (χ0v) is 14.0. The standard InChI is InChI=1S/C20H25NO2/c1-16-4-3-5-19(14-16)20(10-12-21(2)13-11-20)18-8-6-17(7-9-18)15-23-22/h3-9,14,22H,10-13,15H2,1-2H3. The second-order valence-electron chi connectivity index (χ2n) is 6.73. The highest BCUT2D eigenvalue weighted by molar-refractivity contribution is 5.42. The first-order chi connectivity index (χ1) is 11.1. The van der Waals surface area contributed by atoms with Crippen LogP contribution in [0.5, 0.6) is 0 Å². The molecule has 2 aromatic rings. The van der Waals surface area contributed by atoms with Gasteiger partial charge in [0.15, 0.2) is 0 Å². The van der Waals surface area contributed by atoms with E-state index in [4.69, 9.17) is 5.26 Å². The molecule has 0 aliphatic carbocycles. The van der Waals surface area contributed by atoms with Crippen LogP contribution in [-0.4, -0.2) is 30.3 Å². The van der Waals surface area contributed by atoms with Gasteiger partial charge in [-0.3, -0.25) is 5.26 Å². The summed E-state index contributed by atoms with van der Waals surface area (Å²) >= 11 is 0. The van der Waals surface area contributed by atoms with Gasteiger partial charge in [-0.05, 0) is 56.6 Å². The Hall–Kier alpha value is -1.68. The number of hydrogen-bond acceptors (Lipinski definition) is 3. The molecule has 1 fully saturated rings. The van der Waals surface area contributed by atoms with Crippen molar-refractivity contribution < 1.29 is 10.1 Å². The third kappa shape index (κ3) is 3.32. The van der Waals surface area contributed by atoms with Gasteiger partial charge in [-0.2, -0.15) is 0 Å². The summed E-state index contributed by atoms with van der Waals surface area (Å²) in [6, 6.07) is 17.4. The highest BCUT2D eigenvalue weighted by Gasteiger charge is 2.37. The fourth-order valence-electron chi connectivity index (χ4n) is 3.68. The van der Waals surface area contributed by atoms with Crippen molar-refractivity contribution in [2.24, 2.45) is 0 Å². The molecule has 2 aromatic carbocycles. The van der Waals surface area contributed by atoms with Gasteiger partial charge >= 0.3 is 0 Å². The first kappa shape index (κ1) is 16.2. The lowest BCUT2D eigenvalue weighted by Gasteiger charge is -2.42. The summed E-state index contributed by atoms with van der Waals surface area (Å²) in [5, 5.41) is 8.62. The van der Waals surface area contributed by atoms with Crippen LogP contribution in [-0.2, 0) is 16.9 Å². The normalized spacial score (nSPS) is 18.0. The molecule has 0 aromatic heterocycles. The molecular weight excluding hydrogens is 286 g/mol. The average molecular weight is 311 g/mol. The highest BCUT2D eigenvalue weighted by Crippen LogP contribution is 2.41. The van der Waals surface area contributed by atoms with Crippen molar-refractivity contribution in [2.45, 2.75) is 31.8 Å². The molecule has 1 saturated heterocycles. The molecule has 0 unspecified atom stereocenters. The van der Waals surface area contributed by atoms with Crippen LogP contribution in [0.3, 0.4) is 0 Å². The molecule has 0 saturated carbocycles. The predicted octanol–water partition coefficient (Wildman–Crippen LogP) is 4.00. The number of rotatable bonds is 4. The first-order valence-electron chi connectivity index (χ1n) is 8.25. The van der Waals surface area contributed by atoms with Gasteiger partial charge in [-0.25, -0.2) is 4.89 Å². The van der Waals surface area contributed by atoms with Crippen molar-refractivity contribution in [1.29, 1.82) is 0 Å². The minimum Gasteiger partial charge on any atom is -0.306 e. The van der Waals surface area contributed by atoms with Gasteiger partial charge in [0.2, 0.25) is 0 Å². The lowest BCUT2D eigenvalue weighted by atomic mass is 9.68. The maximum atomic E-state index is 8.62. The Labute approximate surface area is 138 Å². The molecule has 0 spiro atoms. The molecule has 1 N–H and O–H groups in total. The molecule has 1 aliphatic heterocycles. The van der Waals surface area contributed by atoms with E-state index in [0.717, 1.165) is 31.5 Å². The van der Waals surface area contributed by atoms with E-state index in [1.165, 1.54) is 16.7 Å². The summed E-state index contributed by atoms with van der Waals surface area (Å²) in [5.74, 6) is 0. The average Bonchev–Trinajstić information content (AvgIpc) is 2.57. The summed E-state index contributed by atoms with van der Waals surface area (Å²) in [6.45, 7) is 4.61. The number of piperidine rings is 1. The molecule has 1 aliphatic rings. The monoisotopic (exact) mass is 311 g/mol. The van der Waals surface area contributed by atoms with Crippen LogP contribution >= 0.6 is 0 Å². The van der Waals surface area contributed by atoms with Gasteiger partial charge in [0, 0.05) is 5.41 Å². The van der Waals surface area contributed by atoms with Crippen molar-refractivity contribution in [3.05, 3.63) is 70.8 Å². The predicted molar refractivity (Wildman–Crippen MR) is 92.5 cm³/mol. The largest absolute Gasteiger partial charge is 0.306 e. The van der Waals surface area contributed by atoms with Crippen LogP contribution in [0.15, 0.2) is 48.5 Å². The van der Waals surface area contributed by atoms with E-state index in [1.807, 2.05) is 0 Å². The summed E-state index contributed by atoms with van der Waals surface area (Å²) < 4.78 is 0. The third-order valence-corrected chi connectivity index (χ3v) is 5.15. The quantitative estimate of drug-likeness (QED) is 0.684. The van der Waals surface area contributed by atoms with Crippen LogP contribution in [0.1, 0.15) is 35.1 Å². The lowest BCUT2D eigenvalue weighted by molar-refractivity contribution is -0.253. The summed E-state index contributed by atoms with van der Waals surface area (Å²) in [4.78, 5) is 6.65. The Morgan fingerprint density at radius 3 is 2.35 bits per heavy atom. The zero-order chi connectivity index (χ0) is 16.3. The minimum absolute atomic E-state index is 0.0805. The number of benzene rings is 2. The highest BCUT2D eigenvalue weighted by atomic mass is 17.1. The molecule has 0 atom stereocenters. The fraction of sp³-hybridized carbons (Fsp3) is 0.400. The first-order valence-corrected chi connectivity index (χ1v) is 8.25. The van der Waals surface area contributed by atoms with Crippen molar-refractivity contribution in [2.75, 3.05) is 20.1 Å². The molecule has 23 heavy (non-hydrogen) atoms. The van der Waals surface area contributed by atoms with Crippen molar-refractivity contribution in [1.82, 2.24) is 4.90 Å².